The molecule has 0 radical (unpaired) electrons. The fourth-order valence-corrected chi connectivity index (χ4v) is 4.29. The van der Waals surface area contributed by atoms with Crippen molar-refractivity contribution < 1.29 is 33.4 Å². The maximum atomic E-state index is 13.0. The molecule has 1 aliphatic rings. The van der Waals surface area contributed by atoms with Gasteiger partial charge in [-0.05, 0) is 43.0 Å². The van der Waals surface area contributed by atoms with Crippen LogP contribution in [0.5, 0.6) is 11.5 Å². The summed E-state index contributed by atoms with van der Waals surface area (Å²) in [5.74, 6) is 0.241. The largest absolute Gasteiger partial charge is 0.460 e. The summed E-state index contributed by atoms with van der Waals surface area (Å²) in [4.78, 5) is 26.6. The molecule has 1 fully saturated rings. The van der Waals surface area contributed by atoms with Crippen LogP contribution in [0.2, 0.25) is 0 Å². The van der Waals surface area contributed by atoms with Gasteiger partial charge in [-0.3, -0.25) is 9.59 Å². The van der Waals surface area contributed by atoms with Crippen LogP contribution in [-0.2, 0) is 5.04 Å². The van der Waals surface area contributed by atoms with Crippen molar-refractivity contribution in [2.75, 3.05) is 6.54 Å². The zero-order chi connectivity index (χ0) is 24.1. The first kappa shape index (κ1) is 21.9. The van der Waals surface area contributed by atoms with Gasteiger partial charge in [0.15, 0.2) is 5.75 Å². The Bertz CT molecular complexity index is 1440. The normalized spacial score (nSPS) is 17.7. The number of benzene rings is 1. The van der Waals surface area contributed by atoms with Crippen molar-refractivity contribution in [3.05, 3.63) is 59.1 Å². The van der Waals surface area contributed by atoms with Gasteiger partial charge in [-0.1, -0.05) is 5.04 Å². The second-order valence-corrected chi connectivity index (χ2v) is 8.22. The Balaban J connectivity index is 1.49. The number of hydrogen-bond donors (Lipinski definition) is 2. The highest BCUT2D eigenvalue weighted by molar-refractivity contribution is 6.07. The molecule has 0 saturated carbocycles. The molecule has 1 saturated heterocycles. The first-order valence-electron chi connectivity index (χ1n) is 10.5. The van der Waals surface area contributed by atoms with E-state index < -0.39 is 12.0 Å². The number of fused-ring (bicyclic) bond motifs is 2. The summed E-state index contributed by atoms with van der Waals surface area (Å²) in [6.45, 7) is 5.49. The number of ether oxygens (including phenoxy) is 1. The third-order valence-corrected chi connectivity index (χ3v) is 6.24. The Morgan fingerprint density at radius 3 is 2.79 bits per heavy atom. The first-order chi connectivity index (χ1) is 16.3. The van der Waals surface area contributed by atoms with Gasteiger partial charge in [0.25, 0.3) is 11.8 Å². The van der Waals surface area contributed by atoms with Crippen LogP contribution in [0.1, 0.15) is 39.0 Å². The minimum absolute atomic E-state index is 0.154. The molecule has 0 aliphatic carbocycles. The molecule has 0 bridgehead atoms. The van der Waals surface area contributed by atoms with E-state index in [1.54, 1.807) is 65.4 Å². The van der Waals surface area contributed by atoms with E-state index in [1.807, 2.05) is 6.92 Å². The van der Waals surface area contributed by atoms with Crippen LogP contribution in [-0.4, -0.2) is 50.1 Å². The van der Waals surface area contributed by atoms with Crippen LogP contribution in [0.15, 0.2) is 41.1 Å². The number of β-amino-alcohol motifs (C(OH)–C–C–N with tert-alkyl or cyclic N) is 1. The highest BCUT2D eigenvalue weighted by Gasteiger charge is 2.38. The number of hydroxylamine groups is 1. The number of amides is 2. The van der Waals surface area contributed by atoms with Gasteiger partial charge in [-0.25, -0.2) is 4.52 Å². The van der Waals surface area contributed by atoms with Gasteiger partial charge in [-0.2, -0.15) is 10.6 Å². The van der Waals surface area contributed by atoms with E-state index in [4.69, 9.17) is 9.15 Å². The van der Waals surface area contributed by atoms with Gasteiger partial charge in [-0.15, -0.1) is 0 Å². The van der Waals surface area contributed by atoms with Crippen molar-refractivity contribution in [1.82, 2.24) is 20.0 Å². The number of halogens is 1. The fraction of sp³-hybridized carbons (Fsp3) is 0.261. The van der Waals surface area contributed by atoms with Gasteiger partial charge < -0.3 is 19.2 Å². The molecule has 0 spiro atoms. The zero-order valence-corrected chi connectivity index (χ0v) is 18.5. The molecule has 10 nitrogen and oxygen atoms in total. The number of aryl methyl sites for hydroxylation is 2. The summed E-state index contributed by atoms with van der Waals surface area (Å²) < 4.78 is 25.4. The predicted octanol–water partition coefficient (Wildman–Crippen LogP) is 3.24. The van der Waals surface area contributed by atoms with Crippen molar-refractivity contribution >= 4 is 28.3 Å². The number of nitrogens with one attached hydrogen (secondary N) is 1. The average molecular weight is 468 g/mol. The van der Waals surface area contributed by atoms with Crippen molar-refractivity contribution in [2.24, 2.45) is 0 Å². The van der Waals surface area contributed by atoms with Crippen LogP contribution >= 0.6 is 0 Å². The molecule has 2 N–H and O–H groups in total. The first-order valence-corrected chi connectivity index (χ1v) is 10.5. The SMILES string of the molecule is Cc1oc2cc(Oc3ccnn4cc(C(=O)N5C[C@H](O)[C@@H]5C)c(C)c34)ccc2c1C(=O)NOF. The molecule has 176 valence electrons. The van der Waals surface area contributed by atoms with Crippen LogP contribution < -0.4 is 10.2 Å². The summed E-state index contributed by atoms with van der Waals surface area (Å²) in [5.41, 5.74) is 3.96. The lowest BCUT2D eigenvalue weighted by atomic mass is 9.99. The molecule has 1 aliphatic heterocycles. The molecule has 3 aromatic heterocycles. The van der Waals surface area contributed by atoms with Gasteiger partial charge in [0.05, 0.1) is 29.5 Å². The molecule has 2 amide bonds. The molecular formula is C23H21FN4O6. The Hall–Kier alpha value is -3.96. The van der Waals surface area contributed by atoms with Gasteiger partial charge >= 0.3 is 0 Å². The van der Waals surface area contributed by atoms with Crippen LogP contribution in [0.4, 0.5) is 4.53 Å². The number of aromatic nitrogens is 2. The van der Waals surface area contributed by atoms with E-state index in [2.05, 4.69) is 10.1 Å². The predicted molar refractivity (Wildman–Crippen MR) is 117 cm³/mol. The van der Waals surface area contributed by atoms with E-state index in [0.717, 1.165) is 0 Å². The second kappa shape index (κ2) is 8.12. The molecule has 0 unspecified atom stereocenters. The number of hydrogen-bond acceptors (Lipinski definition) is 7. The van der Waals surface area contributed by atoms with Gasteiger partial charge in [0.1, 0.15) is 22.6 Å². The fourth-order valence-electron chi connectivity index (χ4n) is 4.29. The number of likely N-dealkylation sites (tertiary alicyclic amines) is 1. The Labute approximate surface area is 192 Å². The van der Waals surface area contributed by atoms with Crippen LogP contribution in [0.3, 0.4) is 0 Å². The number of aliphatic hydroxyl groups is 1. The second-order valence-electron chi connectivity index (χ2n) is 8.22. The Morgan fingerprint density at radius 1 is 1.29 bits per heavy atom. The van der Waals surface area contributed by atoms with Crippen LogP contribution in [0, 0.1) is 13.8 Å². The topological polar surface area (TPSA) is 119 Å². The third kappa shape index (κ3) is 3.37. The zero-order valence-electron chi connectivity index (χ0n) is 18.5. The number of aliphatic hydroxyl groups excluding tert-OH is 1. The third-order valence-electron chi connectivity index (χ3n) is 6.24. The summed E-state index contributed by atoms with van der Waals surface area (Å²) in [7, 11) is 0. The summed E-state index contributed by atoms with van der Waals surface area (Å²) >= 11 is 0. The molecular weight excluding hydrogens is 447 g/mol. The molecule has 11 heteroatoms. The van der Waals surface area contributed by atoms with E-state index in [1.165, 1.54) is 0 Å². The van der Waals surface area contributed by atoms with Crippen molar-refractivity contribution in [3.63, 3.8) is 0 Å². The van der Waals surface area contributed by atoms with Crippen molar-refractivity contribution in [2.45, 2.75) is 32.9 Å². The van der Waals surface area contributed by atoms with E-state index in [-0.39, 0.29) is 17.5 Å². The Kier molecular flexibility index (Phi) is 5.22. The highest BCUT2D eigenvalue weighted by Crippen LogP contribution is 2.34. The number of rotatable bonds is 5. The molecule has 5 rings (SSSR count). The van der Waals surface area contributed by atoms with Gasteiger partial charge in [0.2, 0.25) is 0 Å². The number of carbonyl (C=O) groups excluding carboxylic acids is 2. The molecule has 34 heavy (non-hydrogen) atoms. The highest BCUT2D eigenvalue weighted by atomic mass is 19.3. The molecule has 4 aromatic rings. The maximum Gasteiger partial charge on any atom is 0.281 e. The van der Waals surface area contributed by atoms with E-state index in [0.29, 0.717) is 51.4 Å². The van der Waals surface area contributed by atoms with E-state index >= 15 is 0 Å². The number of nitrogens with zero attached hydrogens (tertiary/aromatic N) is 3. The maximum absolute atomic E-state index is 13.0. The lowest BCUT2D eigenvalue weighted by Gasteiger charge is -2.43. The summed E-state index contributed by atoms with van der Waals surface area (Å²) in [5, 5.41) is 17.8. The smallest absolute Gasteiger partial charge is 0.281 e. The number of furan rings is 1. The van der Waals surface area contributed by atoms with Crippen molar-refractivity contribution in [3.8, 4) is 11.5 Å². The van der Waals surface area contributed by atoms with Crippen molar-refractivity contribution in [1.29, 1.82) is 0 Å². The molecule has 2 atom stereocenters. The minimum atomic E-state index is -0.770. The minimum Gasteiger partial charge on any atom is -0.460 e. The standard InChI is InChI=1S/C23H21FN4O6/c1-11-16(23(31)27-10-17(29)12(27)2)9-28-21(11)18(6-7-25-28)33-14-4-5-15-19(8-14)32-13(3)20(15)22(30)26-34-24/h4-9,12,17,29H,10H2,1-3H3,(H,26,30)/t12-,17-/m0/s1. The summed E-state index contributed by atoms with van der Waals surface area (Å²) in [6.07, 6.45) is 2.68. The number of carbonyl (C=O) groups is 2. The quantitative estimate of drug-likeness (QED) is 0.432. The monoisotopic (exact) mass is 468 g/mol. The molecule has 1 aromatic carbocycles. The van der Waals surface area contributed by atoms with Gasteiger partial charge in [0, 0.05) is 30.3 Å². The van der Waals surface area contributed by atoms with E-state index in [9.17, 15) is 19.2 Å². The van der Waals surface area contributed by atoms with Crippen LogP contribution in [0.25, 0.3) is 16.5 Å². The lowest BCUT2D eigenvalue weighted by Crippen LogP contribution is -2.60. The Morgan fingerprint density at radius 2 is 2.09 bits per heavy atom. The lowest BCUT2D eigenvalue weighted by molar-refractivity contribution is -0.176. The average Bonchev–Trinajstić information content (AvgIpc) is 3.33. The summed E-state index contributed by atoms with van der Waals surface area (Å²) in [6, 6.07) is 6.32. The molecule has 4 heterocycles.